The number of hydrogen-bond donors (Lipinski definition) is 0. The van der Waals surface area contributed by atoms with Gasteiger partial charge in [0.25, 0.3) is 0 Å². The van der Waals surface area contributed by atoms with Crippen LogP contribution in [0.4, 0.5) is 0 Å². The Labute approximate surface area is 125 Å². The molecule has 0 bridgehead atoms. The van der Waals surface area contributed by atoms with Crippen LogP contribution in [0.15, 0.2) is 18.2 Å². The first-order valence-corrected chi connectivity index (χ1v) is 7.81. The summed E-state index contributed by atoms with van der Waals surface area (Å²) >= 11 is 0. The molecule has 1 aromatic rings. The molecule has 1 saturated carbocycles. The highest BCUT2D eigenvalue weighted by Crippen LogP contribution is 2.47. The third-order valence-electron chi connectivity index (χ3n) is 5.20. The third kappa shape index (κ3) is 2.55. The van der Waals surface area contributed by atoms with E-state index in [-0.39, 0.29) is 5.41 Å². The smallest absolute Gasteiger partial charge is 0.169 e. The summed E-state index contributed by atoms with van der Waals surface area (Å²) in [4.78, 5) is 23.4. The molecule has 0 atom stereocenters. The van der Waals surface area contributed by atoms with Crippen LogP contribution in [-0.4, -0.2) is 25.3 Å². The van der Waals surface area contributed by atoms with Crippen molar-refractivity contribution in [2.45, 2.75) is 51.0 Å². The fourth-order valence-corrected chi connectivity index (χ4v) is 3.88. The lowest BCUT2D eigenvalue weighted by atomic mass is 9.70. The number of hydrogen-bond acceptors (Lipinski definition) is 3. The van der Waals surface area contributed by atoms with Crippen LogP contribution in [0, 0.1) is 5.41 Å². The predicted octanol–water partition coefficient (Wildman–Crippen LogP) is 3.13. The molecule has 3 heteroatoms. The molecule has 2 aliphatic rings. The van der Waals surface area contributed by atoms with Crippen LogP contribution in [0.2, 0.25) is 0 Å². The van der Waals surface area contributed by atoms with Crippen LogP contribution < -0.4 is 0 Å². The van der Waals surface area contributed by atoms with Gasteiger partial charge in [0.05, 0.1) is 6.10 Å². The van der Waals surface area contributed by atoms with Gasteiger partial charge in [-0.1, -0.05) is 12.1 Å². The van der Waals surface area contributed by atoms with Crippen LogP contribution in [0.25, 0.3) is 0 Å². The number of aryl methyl sites for hydroxylation is 1. The highest BCUT2D eigenvalue weighted by molar-refractivity contribution is 6.05. The molecule has 3 nitrogen and oxygen atoms in total. The Bertz CT molecular complexity index is 554. The second-order valence-corrected chi connectivity index (χ2v) is 6.42. The molecule has 21 heavy (non-hydrogen) atoms. The summed E-state index contributed by atoms with van der Waals surface area (Å²) in [5.74, 6) is 0.319. The lowest BCUT2D eigenvalue weighted by molar-refractivity contribution is -0.107. The molecule has 0 aliphatic heterocycles. The first-order chi connectivity index (χ1) is 10.2. The van der Waals surface area contributed by atoms with E-state index in [4.69, 9.17) is 4.74 Å². The molecule has 0 saturated heterocycles. The molecule has 1 fully saturated rings. The second kappa shape index (κ2) is 5.72. The van der Waals surface area contributed by atoms with Crippen molar-refractivity contribution >= 4 is 12.1 Å². The summed E-state index contributed by atoms with van der Waals surface area (Å²) in [5, 5.41) is 0. The average Bonchev–Trinajstić information content (AvgIpc) is 2.79. The first kappa shape index (κ1) is 14.5. The van der Waals surface area contributed by atoms with Gasteiger partial charge >= 0.3 is 0 Å². The van der Waals surface area contributed by atoms with Crippen molar-refractivity contribution in [3.63, 3.8) is 0 Å². The summed E-state index contributed by atoms with van der Waals surface area (Å²) in [5.41, 5.74) is 3.00. The molecule has 0 aromatic heterocycles. The van der Waals surface area contributed by atoms with E-state index in [1.807, 2.05) is 6.07 Å². The molecule has 0 unspecified atom stereocenters. The number of ether oxygens (including phenoxy) is 1. The number of fused-ring (bicyclic) bond motifs is 1. The molecule has 112 valence electrons. The third-order valence-corrected chi connectivity index (χ3v) is 5.20. The van der Waals surface area contributed by atoms with Crippen LogP contribution >= 0.6 is 0 Å². The van der Waals surface area contributed by atoms with Gasteiger partial charge in [-0.15, -0.1) is 0 Å². The fourth-order valence-electron chi connectivity index (χ4n) is 3.88. The fraction of sp³-hybridized carbons (Fsp3) is 0.556. The maximum absolute atomic E-state index is 12.9. The Morgan fingerprint density at radius 2 is 2.10 bits per heavy atom. The van der Waals surface area contributed by atoms with Gasteiger partial charge in [0, 0.05) is 24.5 Å². The highest BCUT2D eigenvalue weighted by Gasteiger charge is 2.47. The largest absolute Gasteiger partial charge is 0.381 e. The molecule has 2 aliphatic carbocycles. The monoisotopic (exact) mass is 286 g/mol. The lowest BCUT2D eigenvalue weighted by Crippen LogP contribution is -2.35. The SMILES string of the molecule is CO[C@H]1CC[C@]2(CC1)Cc1ccc(CCC=O)cc1C2=O. The maximum atomic E-state index is 12.9. The number of rotatable bonds is 4. The topological polar surface area (TPSA) is 43.4 Å². The summed E-state index contributed by atoms with van der Waals surface area (Å²) in [6.07, 6.45) is 7.20. The van der Waals surface area contributed by atoms with Gasteiger partial charge in [0.1, 0.15) is 6.29 Å². The maximum Gasteiger partial charge on any atom is 0.169 e. The number of ketones is 1. The molecule has 0 amide bonds. The van der Waals surface area contributed by atoms with Gasteiger partial charge in [-0.25, -0.2) is 0 Å². The molecule has 0 radical (unpaired) electrons. The average molecular weight is 286 g/mol. The standard InChI is InChI=1S/C18H22O3/c1-21-15-6-8-18(9-7-15)12-14-5-4-13(3-2-10-19)11-16(14)17(18)20/h4-5,10-11,15H,2-3,6-9,12H2,1H3/t15-,18-. The van der Waals surface area contributed by atoms with Crippen molar-refractivity contribution in [3.05, 3.63) is 34.9 Å². The van der Waals surface area contributed by atoms with Crippen molar-refractivity contribution in [1.29, 1.82) is 0 Å². The summed E-state index contributed by atoms with van der Waals surface area (Å²) in [6, 6.07) is 6.16. The summed E-state index contributed by atoms with van der Waals surface area (Å²) in [7, 11) is 1.76. The number of carbonyl (C=O) groups is 2. The van der Waals surface area contributed by atoms with E-state index in [1.54, 1.807) is 7.11 Å². The number of aldehydes is 1. The van der Waals surface area contributed by atoms with Crippen molar-refractivity contribution in [2.75, 3.05) is 7.11 Å². The Balaban J connectivity index is 1.80. The Hall–Kier alpha value is -1.48. The Morgan fingerprint density at radius 3 is 2.76 bits per heavy atom. The quantitative estimate of drug-likeness (QED) is 0.799. The van der Waals surface area contributed by atoms with E-state index in [2.05, 4.69) is 12.1 Å². The van der Waals surface area contributed by atoms with E-state index in [9.17, 15) is 9.59 Å². The van der Waals surface area contributed by atoms with Gasteiger partial charge in [0.2, 0.25) is 0 Å². The van der Waals surface area contributed by atoms with E-state index in [1.165, 1.54) is 5.56 Å². The zero-order valence-electron chi connectivity index (χ0n) is 12.6. The van der Waals surface area contributed by atoms with Gasteiger partial charge in [0.15, 0.2) is 5.78 Å². The molecular weight excluding hydrogens is 264 g/mol. The van der Waals surface area contributed by atoms with Crippen molar-refractivity contribution in [1.82, 2.24) is 0 Å². The Morgan fingerprint density at radius 1 is 1.33 bits per heavy atom. The van der Waals surface area contributed by atoms with Crippen LogP contribution in [0.1, 0.15) is 53.6 Å². The van der Waals surface area contributed by atoms with E-state index in [0.717, 1.165) is 55.9 Å². The molecule has 1 spiro atoms. The number of carbonyl (C=O) groups excluding carboxylic acids is 2. The van der Waals surface area contributed by atoms with Crippen LogP contribution in [0.5, 0.6) is 0 Å². The van der Waals surface area contributed by atoms with Crippen LogP contribution in [-0.2, 0) is 22.4 Å². The number of methoxy groups -OCH3 is 1. The first-order valence-electron chi connectivity index (χ1n) is 7.81. The normalized spacial score (nSPS) is 27.9. The summed E-state index contributed by atoms with van der Waals surface area (Å²) < 4.78 is 5.43. The molecule has 1 aromatic carbocycles. The van der Waals surface area contributed by atoms with Gasteiger partial charge in [-0.3, -0.25) is 4.79 Å². The van der Waals surface area contributed by atoms with Crippen LogP contribution in [0.3, 0.4) is 0 Å². The lowest BCUT2D eigenvalue weighted by Gasteiger charge is -2.35. The Kier molecular flexibility index (Phi) is 3.94. The summed E-state index contributed by atoms with van der Waals surface area (Å²) in [6.45, 7) is 0. The van der Waals surface area contributed by atoms with Gasteiger partial charge in [-0.05, 0) is 55.7 Å². The highest BCUT2D eigenvalue weighted by atomic mass is 16.5. The number of benzene rings is 1. The molecular formula is C18H22O3. The van der Waals surface area contributed by atoms with E-state index < -0.39 is 0 Å². The van der Waals surface area contributed by atoms with Crippen molar-refractivity contribution < 1.29 is 14.3 Å². The number of Topliss-reactive ketones (excluding diaryl/α,β-unsaturated/α-hetero) is 1. The van der Waals surface area contributed by atoms with Gasteiger partial charge < -0.3 is 9.53 Å². The van der Waals surface area contributed by atoms with Crippen molar-refractivity contribution in [3.8, 4) is 0 Å². The minimum atomic E-state index is -0.180. The second-order valence-electron chi connectivity index (χ2n) is 6.42. The molecule has 3 rings (SSSR count). The van der Waals surface area contributed by atoms with E-state index in [0.29, 0.717) is 18.3 Å². The minimum absolute atomic E-state index is 0.180. The zero-order valence-corrected chi connectivity index (χ0v) is 12.6. The van der Waals surface area contributed by atoms with Crippen molar-refractivity contribution in [2.24, 2.45) is 5.41 Å². The zero-order chi connectivity index (χ0) is 14.9. The molecule has 0 heterocycles. The van der Waals surface area contributed by atoms with E-state index >= 15 is 0 Å². The minimum Gasteiger partial charge on any atom is -0.381 e. The van der Waals surface area contributed by atoms with Gasteiger partial charge in [-0.2, -0.15) is 0 Å². The molecule has 0 N–H and O–H groups in total. The predicted molar refractivity (Wildman–Crippen MR) is 80.6 cm³/mol.